The zero-order valence-corrected chi connectivity index (χ0v) is 11.9. The van der Waals surface area contributed by atoms with Gasteiger partial charge in [0.25, 0.3) is 0 Å². The Kier molecular flexibility index (Phi) is 4.17. The largest absolute Gasteiger partial charge is 0.379 e. The Hall–Kier alpha value is -1.37. The average molecular weight is 339 g/mol. The fraction of sp³-hybridized carbons (Fsp3) is 0. The van der Waals surface area contributed by atoms with Crippen molar-refractivity contribution < 1.29 is 21.4 Å². The smallest absolute Gasteiger partial charge is 0.342 e. The highest BCUT2D eigenvalue weighted by Gasteiger charge is 2.24. The first kappa shape index (κ1) is 15.0. The monoisotopic (exact) mass is 338 g/mol. The van der Waals surface area contributed by atoms with E-state index in [2.05, 4.69) is 4.18 Å². The van der Waals surface area contributed by atoms with Gasteiger partial charge in [-0.2, -0.15) is 8.42 Å². The van der Waals surface area contributed by atoms with Crippen LogP contribution in [0.5, 0.6) is 5.75 Å². The highest BCUT2D eigenvalue weighted by Crippen LogP contribution is 2.31. The molecule has 0 unspecified atom stereocenters. The molecule has 0 heterocycles. The molecule has 2 aromatic rings. The van der Waals surface area contributed by atoms with Crippen molar-refractivity contribution in [2.24, 2.45) is 0 Å². The average Bonchev–Trinajstić information content (AvgIpc) is 2.33. The number of hydrogen-bond acceptors (Lipinski definition) is 3. The first-order valence-electron chi connectivity index (χ1n) is 5.15. The molecule has 0 atom stereocenters. The van der Waals surface area contributed by atoms with E-state index in [0.29, 0.717) is 6.07 Å². The first-order chi connectivity index (χ1) is 9.31. The minimum absolute atomic E-state index is 0.139. The maximum Gasteiger partial charge on any atom is 0.342 e. The molecule has 0 bridgehead atoms. The summed E-state index contributed by atoms with van der Waals surface area (Å²) in [6.07, 6.45) is 0. The van der Waals surface area contributed by atoms with Crippen LogP contribution in [0.2, 0.25) is 10.0 Å². The van der Waals surface area contributed by atoms with Gasteiger partial charge >= 0.3 is 10.1 Å². The predicted octanol–water partition coefficient (Wildman–Crippen LogP) is 4.04. The molecule has 0 aliphatic carbocycles. The molecule has 0 spiro atoms. The Morgan fingerprint density at radius 1 is 0.950 bits per heavy atom. The van der Waals surface area contributed by atoms with Gasteiger partial charge in [0, 0.05) is 6.07 Å². The van der Waals surface area contributed by atoms with Crippen molar-refractivity contribution >= 4 is 33.3 Å². The van der Waals surface area contributed by atoms with Crippen LogP contribution in [-0.4, -0.2) is 8.42 Å². The quantitative estimate of drug-likeness (QED) is 0.793. The predicted molar refractivity (Wildman–Crippen MR) is 70.6 cm³/mol. The van der Waals surface area contributed by atoms with Gasteiger partial charge in [-0.05, 0) is 24.3 Å². The molecule has 0 radical (unpaired) electrons. The van der Waals surface area contributed by atoms with Crippen LogP contribution in [0.25, 0.3) is 0 Å². The minimum Gasteiger partial charge on any atom is -0.379 e. The van der Waals surface area contributed by atoms with Crippen molar-refractivity contribution in [2.45, 2.75) is 4.90 Å². The topological polar surface area (TPSA) is 43.4 Å². The number of rotatable bonds is 3. The third-order valence-electron chi connectivity index (χ3n) is 2.27. The van der Waals surface area contributed by atoms with Crippen molar-refractivity contribution in [3.05, 3.63) is 58.1 Å². The summed E-state index contributed by atoms with van der Waals surface area (Å²) in [5.74, 6) is -2.74. The van der Waals surface area contributed by atoms with Gasteiger partial charge < -0.3 is 4.18 Å². The van der Waals surface area contributed by atoms with Gasteiger partial charge in [-0.1, -0.05) is 29.3 Å². The number of halogens is 4. The summed E-state index contributed by atoms with van der Waals surface area (Å²) in [6.45, 7) is 0. The van der Waals surface area contributed by atoms with Crippen LogP contribution in [0, 0.1) is 11.6 Å². The molecule has 8 heteroatoms. The third kappa shape index (κ3) is 3.03. The molecule has 0 saturated carbocycles. The summed E-state index contributed by atoms with van der Waals surface area (Å²) in [5, 5.41) is -0.278. The molecule has 0 aliphatic heterocycles. The van der Waals surface area contributed by atoms with E-state index in [1.165, 1.54) is 18.2 Å². The Labute approximate surface area is 123 Å². The molecule has 0 fully saturated rings. The number of hydrogen-bond donors (Lipinski definition) is 0. The van der Waals surface area contributed by atoms with E-state index >= 15 is 0 Å². The van der Waals surface area contributed by atoms with Crippen molar-refractivity contribution in [2.75, 3.05) is 0 Å². The number of benzene rings is 2. The van der Waals surface area contributed by atoms with Crippen LogP contribution < -0.4 is 4.18 Å². The van der Waals surface area contributed by atoms with Crippen molar-refractivity contribution in [1.29, 1.82) is 0 Å². The van der Waals surface area contributed by atoms with Crippen LogP contribution in [-0.2, 0) is 10.1 Å². The van der Waals surface area contributed by atoms with Crippen molar-refractivity contribution in [3.8, 4) is 5.75 Å². The Morgan fingerprint density at radius 2 is 1.55 bits per heavy atom. The molecular formula is C12H6Cl2F2O3S. The van der Waals surface area contributed by atoms with Crippen LogP contribution in [0.4, 0.5) is 8.78 Å². The van der Waals surface area contributed by atoms with Gasteiger partial charge in [-0.15, -0.1) is 0 Å². The first-order valence-corrected chi connectivity index (χ1v) is 7.31. The lowest BCUT2D eigenvalue weighted by atomic mass is 10.3. The Morgan fingerprint density at radius 3 is 2.10 bits per heavy atom. The molecule has 0 amide bonds. The highest BCUT2D eigenvalue weighted by molar-refractivity contribution is 7.87. The summed E-state index contributed by atoms with van der Waals surface area (Å²) in [4.78, 5) is -0.437. The Bertz CT molecular complexity index is 743. The summed E-state index contributed by atoms with van der Waals surface area (Å²) in [7, 11) is -4.36. The molecule has 20 heavy (non-hydrogen) atoms. The maximum atomic E-state index is 13.0. The molecular weight excluding hydrogens is 333 g/mol. The minimum atomic E-state index is -4.36. The van der Waals surface area contributed by atoms with E-state index in [1.807, 2.05) is 0 Å². The van der Waals surface area contributed by atoms with Gasteiger partial charge in [-0.25, -0.2) is 8.78 Å². The summed E-state index contributed by atoms with van der Waals surface area (Å²) in [5.41, 5.74) is 0. The zero-order valence-electron chi connectivity index (χ0n) is 9.61. The molecule has 2 rings (SSSR count). The van der Waals surface area contributed by atoms with E-state index < -0.39 is 26.6 Å². The fourth-order valence-corrected chi connectivity index (χ4v) is 3.44. The van der Waals surface area contributed by atoms with Gasteiger partial charge in [-0.3, -0.25) is 0 Å². The molecule has 0 N–H and O–H groups in total. The van der Waals surface area contributed by atoms with E-state index in [1.54, 1.807) is 0 Å². The SMILES string of the molecule is O=S(=O)(Oc1ccc(F)c(F)c1)c1c(Cl)cccc1Cl. The molecule has 0 aromatic heterocycles. The summed E-state index contributed by atoms with van der Waals surface area (Å²) < 4.78 is 54.5. The van der Waals surface area contributed by atoms with Gasteiger partial charge in [0.15, 0.2) is 11.6 Å². The van der Waals surface area contributed by atoms with Gasteiger partial charge in [0.05, 0.1) is 10.0 Å². The lowest BCUT2D eigenvalue weighted by molar-refractivity contribution is 0.472. The van der Waals surface area contributed by atoms with Gasteiger partial charge in [0.1, 0.15) is 10.6 Å². The van der Waals surface area contributed by atoms with Crippen LogP contribution >= 0.6 is 23.2 Å². The van der Waals surface area contributed by atoms with Crippen LogP contribution in [0.1, 0.15) is 0 Å². The normalized spacial score (nSPS) is 11.4. The van der Waals surface area contributed by atoms with E-state index in [4.69, 9.17) is 23.2 Å². The van der Waals surface area contributed by atoms with E-state index in [9.17, 15) is 17.2 Å². The van der Waals surface area contributed by atoms with Crippen LogP contribution in [0.15, 0.2) is 41.3 Å². The molecule has 106 valence electrons. The van der Waals surface area contributed by atoms with Crippen molar-refractivity contribution in [1.82, 2.24) is 0 Å². The lowest BCUT2D eigenvalue weighted by Crippen LogP contribution is -2.11. The third-order valence-corrected chi connectivity index (χ3v) is 4.47. The molecule has 3 nitrogen and oxygen atoms in total. The second-order valence-corrected chi connectivity index (χ2v) is 5.96. The summed E-state index contributed by atoms with van der Waals surface area (Å²) >= 11 is 11.5. The highest BCUT2D eigenvalue weighted by atomic mass is 35.5. The Balaban J connectivity index is 2.43. The van der Waals surface area contributed by atoms with Crippen LogP contribution in [0.3, 0.4) is 0 Å². The zero-order chi connectivity index (χ0) is 14.9. The van der Waals surface area contributed by atoms with E-state index in [-0.39, 0.29) is 15.8 Å². The van der Waals surface area contributed by atoms with Crippen molar-refractivity contribution in [3.63, 3.8) is 0 Å². The fourth-order valence-electron chi connectivity index (χ4n) is 1.42. The van der Waals surface area contributed by atoms with E-state index in [0.717, 1.165) is 12.1 Å². The lowest BCUT2D eigenvalue weighted by Gasteiger charge is -2.09. The second-order valence-electron chi connectivity index (χ2n) is 3.66. The standard InChI is InChI=1S/C12H6Cl2F2O3S/c13-8-2-1-3-9(14)12(8)20(17,18)19-7-4-5-10(15)11(16)6-7/h1-6H. The van der Waals surface area contributed by atoms with Gasteiger partial charge in [0.2, 0.25) is 0 Å². The summed E-state index contributed by atoms with van der Waals surface area (Å²) in [6, 6.07) is 6.41. The molecule has 0 saturated heterocycles. The maximum absolute atomic E-state index is 13.0. The molecule has 0 aliphatic rings. The second kappa shape index (κ2) is 5.55. The molecule has 2 aromatic carbocycles.